The summed E-state index contributed by atoms with van der Waals surface area (Å²) in [5.41, 5.74) is 25.0. The van der Waals surface area contributed by atoms with Crippen LogP contribution in [-0.4, -0.2) is 18.3 Å². The zero-order chi connectivity index (χ0) is 62.2. The van der Waals surface area contributed by atoms with Gasteiger partial charge in [-0.15, -0.1) is 45.3 Å². The maximum absolute atomic E-state index is 2.50. The second-order valence-corrected chi connectivity index (χ2v) is 28.8. The third kappa shape index (κ3) is 8.87. The lowest BCUT2D eigenvalue weighted by molar-refractivity contribution is 1.18. The van der Waals surface area contributed by atoms with Gasteiger partial charge in [0.15, 0.2) is 0 Å². The molecule has 0 N–H and O–H groups in total. The number of benzene rings is 10. The topological polar surface area (TPSA) is 19.7 Å². The summed E-state index contributed by atoms with van der Waals surface area (Å²) in [6, 6.07) is 73.4. The summed E-state index contributed by atoms with van der Waals surface area (Å²) in [7, 11) is 0. The van der Waals surface area contributed by atoms with Crippen LogP contribution < -0.4 is 0 Å². The van der Waals surface area contributed by atoms with Crippen LogP contribution in [0, 0.1) is 27.7 Å². The van der Waals surface area contributed by atoms with E-state index in [9.17, 15) is 0 Å². The first-order chi connectivity index (χ1) is 45.0. The van der Waals surface area contributed by atoms with Crippen molar-refractivity contribution in [1.82, 2.24) is 18.3 Å². The lowest BCUT2D eigenvalue weighted by Gasteiger charge is -2.10. The molecule has 10 aromatic carbocycles. The van der Waals surface area contributed by atoms with Crippen molar-refractivity contribution in [2.45, 2.75) is 55.4 Å². The molecule has 8 aromatic heterocycles. The van der Waals surface area contributed by atoms with Gasteiger partial charge in [-0.25, -0.2) is 0 Å². The van der Waals surface area contributed by atoms with Crippen molar-refractivity contribution in [1.29, 1.82) is 0 Å². The molecule has 8 heteroatoms. The maximum atomic E-state index is 2.50. The van der Waals surface area contributed by atoms with Crippen molar-refractivity contribution >= 4 is 194 Å². The lowest BCUT2D eigenvalue weighted by atomic mass is 10.1. The first-order valence-electron chi connectivity index (χ1n) is 31.7. The molecule has 0 atom stereocenters. The van der Waals surface area contributed by atoms with Crippen molar-refractivity contribution in [2.75, 3.05) is 0 Å². The molecule has 0 saturated heterocycles. The van der Waals surface area contributed by atoms with E-state index in [2.05, 4.69) is 316 Å². The number of rotatable bonds is 8. The molecule has 92 heavy (non-hydrogen) atoms. The molecular weight excluding hydrogens is 1190 g/mol. The Morgan fingerprint density at radius 2 is 0.446 bits per heavy atom. The Kier molecular flexibility index (Phi) is 13.4. The summed E-state index contributed by atoms with van der Waals surface area (Å²) in [5, 5.41) is 10.4. The molecular formula is C84H64N4S4. The molecule has 18 aromatic rings. The Labute approximate surface area is 549 Å². The Hall–Kier alpha value is -9.80. The number of aryl methyl sites for hydroxylation is 4. The van der Waals surface area contributed by atoms with Crippen LogP contribution in [0.5, 0.6) is 0 Å². The van der Waals surface area contributed by atoms with E-state index in [-0.39, 0.29) is 0 Å². The fraction of sp³-hybridized carbons (Fsp3) is 0.0952. The highest BCUT2D eigenvalue weighted by atomic mass is 32.1. The summed E-state index contributed by atoms with van der Waals surface area (Å²) in [4.78, 5) is 0. The number of hydrogen-bond acceptors (Lipinski definition) is 4. The molecule has 0 unspecified atom stereocenters. The van der Waals surface area contributed by atoms with Crippen LogP contribution in [-0.2, 0) is 0 Å². The second-order valence-electron chi connectivity index (χ2n) is 24.6. The van der Waals surface area contributed by atoms with E-state index >= 15 is 0 Å². The highest BCUT2D eigenvalue weighted by molar-refractivity contribution is 7.28. The molecule has 0 radical (unpaired) electrons. The van der Waals surface area contributed by atoms with Crippen LogP contribution >= 0.6 is 45.3 Å². The third-order valence-corrected chi connectivity index (χ3v) is 23.1. The molecule has 0 spiro atoms. The van der Waals surface area contributed by atoms with E-state index in [4.69, 9.17) is 0 Å². The first kappa shape index (κ1) is 56.2. The van der Waals surface area contributed by atoms with Crippen LogP contribution in [0.2, 0.25) is 0 Å². The van der Waals surface area contributed by atoms with Crippen LogP contribution in [0.4, 0.5) is 0 Å². The fourth-order valence-corrected chi connectivity index (χ4v) is 19.2. The van der Waals surface area contributed by atoms with Gasteiger partial charge in [-0.05, 0) is 175 Å². The number of aromatic nitrogens is 4. The summed E-state index contributed by atoms with van der Waals surface area (Å²) < 4.78 is 20.7. The minimum atomic E-state index is 1.20. The van der Waals surface area contributed by atoms with Gasteiger partial charge in [-0.1, -0.05) is 168 Å². The highest BCUT2D eigenvalue weighted by Crippen LogP contribution is 2.51. The van der Waals surface area contributed by atoms with E-state index < -0.39 is 0 Å². The Balaban J connectivity index is 0.000000141. The number of nitrogens with zero attached hydrogens (tertiary/aromatic N) is 4. The average Bonchev–Trinajstić information content (AvgIpc) is 1.54. The van der Waals surface area contributed by atoms with E-state index in [0.717, 1.165) is 0 Å². The SMILES string of the molecule is C/C=C/c1ccc2c(c1)sc1c3cc4c(cc3n(-c3ccc(C)cc3)c21)c1sc2cc(/C=C/C)ccc2c1n4-c1ccc(C)cc1.C/C=C/c1ccc2c(c1)sc1c3cc4c(cc3n(-c3ccc(C)cc3)c21)c1sc2cc(/C=C/C)ccc2c1n4-c1ccc(C)cc1. The van der Waals surface area contributed by atoms with Gasteiger partial charge in [0, 0.05) is 84.6 Å². The molecule has 0 aliphatic carbocycles. The van der Waals surface area contributed by atoms with Crippen LogP contribution in [0.3, 0.4) is 0 Å². The van der Waals surface area contributed by atoms with Crippen LogP contribution in [0.1, 0.15) is 72.2 Å². The zero-order valence-electron chi connectivity index (χ0n) is 52.5. The Morgan fingerprint density at radius 1 is 0.239 bits per heavy atom. The molecule has 18 rings (SSSR count). The van der Waals surface area contributed by atoms with E-state index in [1.165, 1.54) is 192 Å². The maximum Gasteiger partial charge on any atom is 0.0727 e. The van der Waals surface area contributed by atoms with Gasteiger partial charge in [0.25, 0.3) is 0 Å². The Morgan fingerprint density at radius 3 is 0.641 bits per heavy atom. The normalized spacial score (nSPS) is 12.6. The summed E-state index contributed by atoms with van der Waals surface area (Å²) in [5.74, 6) is 0. The molecule has 4 nitrogen and oxygen atoms in total. The first-order valence-corrected chi connectivity index (χ1v) is 34.9. The largest absolute Gasteiger partial charge is 0.308 e. The average molecular weight is 1260 g/mol. The quantitative estimate of drug-likeness (QED) is 0.144. The molecule has 0 aliphatic heterocycles. The van der Waals surface area contributed by atoms with Crippen LogP contribution in [0.15, 0.2) is 218 Å². The van der Waals surface area contributed by atoms with Crippen molar-refractivity contribution in [3.05, 3.63) is 263 Å². The molecule has 0 bridgehead atoms. The molecule has 0 saturated carbocycles. The molecule has 0 aliphatic rings. The number of thiophene rings is 4. The summed E-state index contributed by atoms with van der Waals surface area (Å²) in [6.45, 7) is 17.0. The predicted molar refractivity (Wildman–Crippen MR) is 410 cm³/mol. The third-order valence-electron chi connectivity index (χ3n) is 18.4. The number of fused-ring (bicyclic) bond motifs is 20. The van der Waals surface area contributed by atoms with Crippen molar-refractivity contribution < 1.29 is 0 Å². The van der Waals surface area contributed by atoms with Gasteiger partial charge in [0.2, 0.25) is 0 Å². The van der Waals surface area contributed by atoms with E-state index in [1.807, 2.05) is 45.3 Å². The summed E-state index contributed by atoms with van der Waals surface area (Å²) >= 11 is 7.65. The molecule has 8 heterocycles. The Bertz CT molecular complexity index is 5410. The smallest absolute Gasteiger partial charge is 0.0727 e. The minimum absolute atomic E-state index is 1.20. The monoisotopic (exact) mass is 1260 g/mol. The lowest BCUT2D eigenvalue weighted by Crippen LogP contribution is -1.95. The van der Waals surface area contributed by atoms with Gasteiger partial charge in [0.1, 0.15) is 0 Å². The van der Waals surface area contributed by atoms with Gasteiger partial charge in [0.05, 0.1) is 62.9 Å². The van der Waals surface area contributed by atoms with E-state index in [0.29, 0.717) is 0 Å². The van der Waals surface area contributed by atoms with Crippen molar-refractivity contribution in [3.8, 4) is 22.7 Å². The predicted octanol–water partition coefficient (Wildman–Crippen LogP) is 26.0. The summed E-state index contributed by atoms with van der Waals surface area (Å²) in [6.07, 6.45) is 17.2. The number of hydrogen-bond donors (Lipinski definition) is 0. The van der Waals surface area contributed by atoms with E-state index in [1.54, 1.807) is 0 Å². The highest BCUT2D eigenvalue weighted by Gasteiger charge is 2.26. The van der Waals surface area contributed by atoms with Gasteiger partial charge >= 0.3 is 0 Å². The molecule has 0 amide bonds. The second kappa shape index (κ2) is 22.0. The van der Waals surface area contributed by atoms with Crippen LogP contribution in [0.25, 0.3) is 172 Å². The fourth-order valence-electron chi connectivity index (χ4n) is 14.2. The van der Waals surface area contributed by atoms with Crippen molar-refractivity contribution in [2.24, 2.45) is 0 Å². The minimum Gasteiger partial charge on any atom is -0.308 e. The van der Waals surface area contributed by atoms with Crippen molar-refractivity contribution in [3.63, 3.8) is 0 Å². The standard InChI is InChI=1S/2C42H32N2S2/c2*1-5-7-27-13-19-31-37(21-27)45-41-33-23-36-34(24-35(33)43(39(31)41)29-15-9-25(3)10-16-29)42-40(44(36)30-17-11-26(4)12-18-30)32-20-14-28(8-6-2)22-38(32)46-42/h2*5-24H,1-4H3/b2*7-5+,8-6+. The molecule has 444 valence electrons. The van der Waals surface area contributed by atoms with Gasteiger partial charge < -0.3 is 18.3 Å². The van der Waals surface area contributed by atoms with Gasteiger partial charge in [-0.3, -0.25) is 0 Å². The molecule has 0 fully saturated rings. The zero-order valence-corrected chi connectivity index (χ0v) is 55.8. The number of allylic oxidation sites excluding steroid dienone is 4. The van der Waals surface area contributed by atoms with Gasteiger partial charge in [-0.2, -0.15) is 0 Å².